The molecule has 10 nitrogen and oxygen atoms in total. The van der Waals surface area contributed by atoms with Gasteiger partial charge in [0, 0.05) is 24.5 Å². The Hall–Kier alpha value is -3.77. The summed E-state index contributed by atoms with van der Waals surface area (Å²) in [7, 11) is -2.64. The molecule has 4 N–H and O–H groups in total. The third-order valence-corrected chi connectivity index (χ3v) is 9.70. The molecule has 0 spiro atoms. The first-order chi connectivity index (χ1) is 21.7. The van der Waals surface area contributed by atoms with Gasteiger partial charge in [0.25, 0.3) is 0 Å². The Kier molecular flexibility index (Phi) is 14.0. The largest absolute Gasteiger partial charge is 0.453 e. The van der Waals surface area contributed by atoms with Gasteiger partial charge in [-0.15, -0.1) is 0 Å². The normalized spacial score (nSPS) is 13.7. The zero-order valence-corrected chi connectivity index (χ0v) is 26.9. The molecule has 0 bridgehead atoms. The summed E-state index contributed by atoms with van der Waals surface area (Å²) in [4.78, 5) is 26.2. The van der Waals surface area contributed by atoms with Gasteiger partial charge in [-0.2, -0.15) is 4.31 Å². The van der Waals surface area contributed by atoms with Crippen molar-refractivity contribution in [2.45, 2.75) is 75.1 Å². The summed E-state index contributed by atoms with van der Waals surface area (Å²) >= 11 is 0. The van der Waals surface area contributed by atoms with Crippen molar-refractivity contribution in [1.82, 2.24) is 14.9 Å². The van der Waals surface area contributed by atoms with Crippen LogP contribution in [0.5, 0.6) is 0 Å². The van der Waals surface area contributed by atoms with E-state index in [2.05, 4.69) is 10.6 Å². The van der Waals surface area contributed by atoms with E-state index in [1.807, 2.05) is 74.5 Å². The van der Waals surface area contributed by atoms with Crippen LogP contribution < -0.4 is 10.6 Å². The fourth-order valence-electron chi connectivity index (χ4n) is 5.40. The van der Waals surface area contributed by atoms with Crippen molar-refractivity contribution >= 4 is 22.0 Å². The number of aliphatic hydroxyl groups is 2. The van der Waals surface area contributed by atoms with Crippen molar-refractivity contribution < 1.29 is 33.0 Å². The zero-order valence-electron chi connectivity index (χ0n) is 26.1. The molecule has 3 rings (SSSR count). The number of alkyl carbamates (subject to hydrolysis) is 1. The Morgan fingerprint density at radius 3 is 1.93 bits per heavy atom. The summed E-state index contributed by atoms with van der Waals surface area (Å²) < 4.78 is 33.2. The van der Waals surface area contributed by atoms with E-state index >= 15 is 0 Å². The third-order valence-electron chi connectivity index (χ3n) is 7.73. The minimum absolute atomic E-state index is 0.0998. The van der Waals surface area contributed by atoms with Crippen LogP contribution in [0.4, 0.5) is 4.79 Å². The van der Waals surface area contributed by atoms with Gasteiger partial charge in [0.05, 0.1) is 25.2 Å². The predicted molar refractivity (Wildman–Crippen MR) is 173 cm³/mol. The molecule has 0 aliphatic heterocycles. The van der Waals surface area contributed by atoms with Crippen LogP contribution in [0.3, 0.4) is 0 Å². The number of nitrogens with one attached hydrogen (secondary N) is 2. The number of amides is 2. The first kappa shape index (κ1) is 35.7. The second-order valence-electron chi connectivity index (χ2n) is 11.0. The van der Waals surface area contributed by atoms with Crippen LogP contribution in [0.1, 0.15) is 62.1 Å². The molecule has 0 aliphatic carbocycles. The Labute approximate surface area is 266 Å². The number of ether oxygens (including phenoxy) is 1. The topological polar surface area (TPSA) is 145 Å². The maximum atomic E-state index is 13.7. The van der Waals surface area contributed by atoms with Gasteiger partial charge in [-0.3, -0.25) is 4.79 Å². The minimum atomic E-state index is -3.89. The number of sulfonamides is 1. The molecule has 2 amide bonds. The average molecular weight is 640 g/mol. The van der Waals surface area contributed by atoms with Crippen molar-refractivity contribution in [1.29, 1.82) is 0 Å². The molecule has 45 heavy (non-hydrogen) atoms. The Bertz CT molecular complexity index is 1400. The van der Waals surface area contributed by atoms with Crippen LogP contribution in [0.25, 0.3) is 0 Å². The number of hydrogen-bond acceptors (Lipinski definition) is 7. The third kappa shape index (κ3) is 9.86. The maximum Gasteiger partial charge on any atom is 0.407 e. The number of carbonyl (C=O) groups excluding carboxylic acids is 2. The molecule has 3 aromatic carbocycles. The van der Waals surface area contributed by atoms with Crippen molar-refractivity contribution in [2.75, 3.05) is 20.3 Å². The summed E-state index contributed by atoms with van der Waals surface area (Å²) in [5, 5.41) is 25.3. The summed E-state index contributed by atoms with van der Waals surface area (Å²) in [5.74, 6) is -0.873. The molecule has 0 unspecified atom stereocenters. The SMILES string of the molecule is CCCN([C@H](CO)CCC[C@H](C)NC(=O)[C@@H](NC(=O)OC)C(c1ccccc1)c1ccccc1)S(=O)(=O)c1ccc(CO)cc1. The van der Waals surface area contributed by atoms with Crippen LogP contribution >= 0.6 is 0 Å². The first-order valence-electron chi connectivity index (χ1n) is 15.2. The van der Waals surface area contributed by atoms with Crippen LogP contribution in [0.15, 0.2) is 89.8 Å². The summed E-state index contributed by atoms with van der Waals surface area (Å²) in [5.41, 5.74) is 2.30. The molecule has 0 radical (unpaired) electrons. The summed E-state index contributed by atoms with van der Waals surface area (Å²) in [6.07, 6.45) is 1.26. The van der Waals surface area contributed by atoms with Crippen molar-refractivity contribution in [3.05, 3.63) is 102 Å². The lowest BCUT2D eigenvalue weighted by molar-refractivity contribution is -0.124. The molecule has 0 saturated carbocycles. The van der Waals surface area contributed by atoms with E-state index in [-0.39, 0.29) is 36.6 Å². The van der Waals surface area contributed by atoms with Crippen LogP contribution in [-0.4, -0.2) is 73.3 Å². The molecule has 3 aromatic rings. The van der Waals surface area contributed by atoms with Gasteiger partial charge in [-0.1, -0.05) is 79.7 Å². The molecular weight excluding hydrogens is 594 g/mol. The van der Waals surface area contributed by atoms with E-state index < -0.39 is 34.1 Å². The molecule has 0 aromatic heterocycles. The van der Waals surface area contributed by atoms with E-state index in [4.69, 9.17) is 4.74 Å². The number of nitrogens with zero attached hydrogens (tertiary/aromatic N) is 1. The van der Waals surface area contributed by atoms with Crippen molar-refractivity contribution in [3.63, 3.8) is 0 Å². The number of rotatable bonds is 17. The lowest BCUT2D eigenvalue weighted by atomic mass is 9.84. The Morgan fingerprint density at radius 2 is 1.44 bits per heavy atom. The molecule has 11 heteroatoms. The van der Waals surface area contributed by atoms with Crippen molar-refractivity contribution in [2.24, 2.45) is 0 Å². The van der Waals surface area contributed by atoms with Gasteiger partial charge in [-0.25, -0.2) is 13.2 Å². The standard InChI is InChI=1S/C34H45N3O7S/c1-4-22-37(45(42,43)30-20-18-26(23-38)19-21-30)29(24-39)17-11-12-25(2)35-33(40)32(36-34(41)44-3)31(27-13-7-5-8-14-27)28-15-9-6-10-16-28/h5-10,13-16,18-21,25,29,31-32,38-39H,4,11-12,17,22-24H2,1-3H3,(H,35,40)(H,36,41)/t25-,29-,32-/m0/s1. The molecule has 0 aliphatic rings. The Balaban J connectivity index is 1.73. The van der Waals surface area contributed by atoms with Crippen LogP contribution in [0.2, 0.25) is 0 Å². The van der Waals surface area contributed by atoms with E-state index in [0.29, 0.717) is 31.2 Å². The maximum absolute atomic E-state index is 13.7. The molecule has 0 saturated heterocycles. The lowest BCUT2D eigenvalue weighted by Gasteiger charge is -2.30. The van der Waals surface area contributed by atoms with Crippen LogP contribution in [0, 0.1) is 0 Å². The van der Waals surface area contributed by atoms with Gasteiger partial charge < -0.3 is 25.6 Å². The highest BCUT2D eigenvalue weighted by atomic mass is 32.2. The van der Waals surface area contributed by atoms with E-state index in [9.17, 15) is 28.2 Å². The van der Waals surface area contributed by atoms with Gasteiger partial charge in [0.2, 0.25) is 15.9 Å². The number of methoxy groups -OCH3 is 1. The zero-order chi connectivity index (χ0) is 32.8. The predicted octanol–water partition coefficient (Wildman–Crippen LogP) is 4.17. The van der Waals surface area contributed by atoms with Crippen LogP contribution in [-0.2, 0) is 26.2 Å². The smallest absolute Gasteiger partial charge is 0.407 e. The fourth-order valence-corrected chi connectivity index (χ4v) is 7.13. The van der Waals surface area contributed by atoms with E-state index in [1.165, 1.54) is 23.5 Å². The molecule has 0 fully saturated rings. The van der Waals surface area contributed by atoms with Crippen molar-refractivity contribution in [3.8, 4) is 0 Å². The highest BCUT2D eigenvalue weighted by Crippen LogP contribution is 2.29. The van der Waals surface area contributed by atoms with Gasteiger partial charge in [0.1, 0.15) is 6.04 Å². The second kappa shape index (κ2) is 17.6. The highest BCUT2D eigenvalue weighted by molar-refractivity contribution is 7.89. The summed E-state index contributed by atoms with van der Waals surface area (Å²) in [6.45, 7) is 3.43. The quantitative estimate of drug-likeness (QED) is 0.174. The number of carbonyl (C=O) groups is 2. The molecular formula is C34H45N3O7S. The molecule has 3 atom stereocenters. The number of benzene rings is 3. The molecule has 244 valence electrons. The number of hydrogen-bond donors (Lipinski definition) is 4. The van der Waals surface area contributed by atoms with E-state index in [1.54, 1.807) is 12.1 Å². The molecule has 0 heterocycles. The number of aliphatic hydroxyl groups excluding tert-OH is 2. The minimum Gasteiger partial charge on any atom is -0.453 e. The monoisotopic (exact) mass is 639 g/mol. The van der Waals surface area contributed by atoms with Gasteiger partial charge >= 0.3 is 6.09 Å². The summed E-state index contributed by atoms with van der Waals surface area (Å²) in [6, 6.07) is 23.1. The van der Waals surface area contributed by atoms with Gasteiger partial charge in [-0.05, 0) is 61.4 Å². The average Bonchev–Trinajstić information content (AvgIpc) is 3.06. The highest BCUT2D eigenvalue weighted by Gasteiger charge is 2.34. The Morgan fingerprint density at radius 1 is 0.867 bits per heavy atom. The first-order valence-corrected chi connectivity index (χ1v) is 16.7. The lowest BCUT2D eigenvalue weighted by Crippen LogP contribution is -2.52. The van der Waals surface area contributed by atoms with E-state index in [0.717, 1.165) is 11.1 Å². The fraction of sp³-hybridized carbons (Fsp3) is 0.412. The second-order valence-corrected chi connectivity index (χ2v) is 12.9. The van der Waals surface area contributed by atoms with Gasteiger partial charge in [0.15, 0.2) is 0 Å².